The Morgan fingerprint density at radius 3 is 2.50 bits per heavy atom. The van der Waals surface area contributed by atoms with Crippen molar-refractivity contribution >= 4 is 23.5 Å². The van der Waals surface area contributed by atoms with Crippen LogP contribution in [0.15, 0.2) is 60.8 Å². The lowest BCUT2D eigenvalue weighted by Crippen LogP contribution is -2.46. The normalized spacial score (nSPS) is 18.5. The Kier molecular flexibility index (Phi) is 8.05. The number of carbonyl (C=O) groups excluding carboxylic acids is 2. The number of carbonyl (C=O) groups is 2. The standard InChI is InChI=1S/C32H37FN4O3/c1-21-16-25(33)10-11-27(21)28-18-30(34-19-29(28)35(3)4)36-14-12-24(13-15-36)22(2)31(38)37-26(20-40-32(37)39)17-23-8-6-5-7-9-23/h5-11,16,18-19,22,24,26H,12-15,17,20H2,1-4H3. The molecule has 210 valence electrons. The molecule has 0 spiro atoms. The van der Waals surface area contributed by atoms with E-state index in [9.17, 15) is 14.0 Å². The molecular formula is C32H37FN4O3. The molecule has 5 rings (SSSR count). The molecule has 2 aliphatic heterocycles. The van der Waals surface area contributed by atoms with Crippen molar-refractivity contribution in [1.29, 1.82) is 0 Å². The summed E-state index contributed by atoms with van der Waals surface area (Å²) in [5, 5.41) is 0. The summed E-state index contributed by atoms with van der Waals surface area (Å²) in [5.41, 5.74) is 4.90. The van der Waals surface area contributed by atoms with Crippen LogP contribution in [0.2, 0.25) is 0 Å². The predicted molar refractivity (Wildman–Crippen MR) is 155 cm³/mol. The Morgan fingerprint density at radius 2 is 1.82 bits per heavy atom. The van der Waals surface area contributed by atoms with Crippen LogP contribution in [-0.2, 0) is 16.0 Å². The minimum absolute atomic E-state index is 0.149. The van der Waals surface area contributed by atoms with Gasteiger partial charge >= 0.3 is 6.09 Å². The predicted octanol–water partition coefficient (Wildman–Crippen LogP) is 5.70. The minimum atomic E-state index is -0.538. The van der Waals surface area contributed by atoms with Gasteiger partial charge in [0.25, 0.3) is 0 Å². The maximum atomic E-state index is 13.8. The van der Waals surface area contributed by atoms with Gasteiger partial charge in [-0.3, -0.25) is 4.79 Å². The number of halogens is 1. The van der Waals surface area contributed by atoms with Crippen LogP contribution in [0, 0.1) is 24.6 Å². The Bertz CT molecular complexity index is 1370. The molecule has 2 aromatic carbocycles. The van der Waals surface area contributed by atoms with Gasteiger partial charge in [0.05, 0.1) is 17.9 Å². The van der Waals surface area contributed by atoms with Crippen molar-refractivity contribution in [3.8, 4) is 11.1 Å². The molecule has 3 heterocycles. The van der Waals surface area contributed by atoms with Gasteiger partial charge in [-0.2, -0.15) is 0 Å². The van der Waals surface area contributed by atoms with Gasteiger partial charge in [0, 0.05) is 38.7 Å². The minimum Gasteiger partial charge on any atom is -0.447 e. The summed E-state index contributed by atoms with van der Waals surface area (Å²) in [4.78, 5) is 36.5. The second kappa shape index (κ2) is 11.7. The molecule has 0 radical (unpaired) electrons. The number of pyridine rings is 1. The van der Waals surface area contributed by atoms with E-state index in [2.05, 4.69) is 11.0 Å². The highest BCUT2D eigenvalue weighted by atomic mass is 19.1. The molecule has 0 bridgehead atoms. The molecule has 0 saturated carbocycles. The average Bonchev–Trinajstić information content (AvgIpc) is 3.32. The number of rotatable bonds is 7. The van der Waals surface area contributed by atoms with Crippen LogP contribution in [0.4, 0.5) is 20.7 Å². The zero-order valence-corrected chi connectivity index (χ0v) is 23.6. The second-order valence-corrected chi connectivity index (χ2v) is 11.2. The van der Waals surface area contributed by atoms with E-state index >= 15 is 0 Å². The highest BCUT2D eigenvalue weighted by Crippen LogP contribution is 2.36. The molecule has 1 aromatic heterocycles. The summed E-state index contributed by atoms with van der Waals surface area (Å²) < 4.78 is 19.1. The third-order valence-electron chi connectivity index (χ3n) is 8.30. The lowest BCUT2D eigenvalue weighted by atomic mass is 9.84. The molecule has 40 heavy (non-hydrogen) atoms. The first-order valence-electron chi connectivity index (χ1n) is 14.0. The van der Waals surface area contributed by atoms with Crippen LogP contribution >= 0.6 is 0 Å². The number of hydrogen-bond acceptors (Lipinski definition) is 6. The van der Waals surface area contributed by atoms with Gasteiger partial charge in [-0.25, -0.2) is 19.1 Å². The number of cyclic esters (lactones) is 1. The van der Waals surface area contributed by atoms with E-state index in [0.717, 1.165) is 59.7 Å². The molecule has 2 atom stereocenters. The Labute approximate surface area is 235 Å². The summed E-state index contributed by atoms with van der Waals surface area (Å²) in [5.74, 6) is 0.348. The first-order chi connectivity index (χ1) is 19.2. The summed E-state index contributed by atoms with van der Waals surface area (Å²) in [6, 6.07) is 16.6. The van der Waals surface area contributed by atoms with E-state index in [1.54, 1.807) is 6.07 Å². The molecule has 7 nitrogen and oxygen atoms in total. The first-order valence-corrected chi connectivity index (χ1v) is 14.0. The number of nitrogens with zero attached hydrogens (tertiary/aromatic N) is 4. The molecule has 2 aliphatic rings. The van der Waals surface area contributed by atoms with Crippen molar-refractivity contribution in [3.05, 3.63) is 77.7 Å². The van der Waals surface area contributed by atoms with E-state index in [-0.39, 0.29) is 36.2 Å². The van der Waals surface area contributed by atoms with E-state index < -0.39 is 6.09 Å². The van der Waals surface area contributed by atoms with Crippen molar-refractivity contribution in [1.82, 2.24) is 9.88 Å². The summed E-state index contributed by atoms with van der Waals surface area (Å²) in [7, 11) is 3.95. The van der Waals surface area contributed by atoms with Gasteiger partial charge in [-0.05, 0) is 67.0 Å². The van der Waals surface area contributed by atoms with E-state index in [4.69, 9.17) is 9.72 Å². The Morgan fingerprint density at radius 1 is 1.10 bits per heavy atom. The first kappa shape index (κ1) is 27.6. The number of piperidine rings is 1. The SMILES string of the molecule is Cc1cc(F)ccc1-c1cc(N2CCC(C(C)C(=O)N3C(=O)OCC3Cc3ccccc3)CC2)ncc1N(C)C. The Balaban J connectivity index is 1.27. The van der Waals surface area contributed by atoms with E-state index in [1.807, 2.05) is 75.4 Å². The largest absolute Gasteiger partial charge is 0.447 e. The quantitative estimate of drug-likeness (QED) is 0.380. The number of amides is 2. The Hall–Kier alpha value is -3.94. The number of imide groups is 1. The van der Waals surface area contributed by atoms with E-state index in [1.165, 1.54) is 11.0 Å². The topological polar surface area (TPSA) is 66.0 Å². The molecule has 2 fully saturated rings. The van der Waals surface area contributed by atoms with Gasteiger partial charge < -0.3 is 14.5 Å². The summed E-state index contributed by atoms with van der Waals surface area (Å²) >= 11 is 0. The highest BCUT2D eigenvalue weighted by Gasteiger charge is 2.42. The highest BCUT2D eigenvalue weighted by molar-refractivity contribution is 5.94. The zero-order valence-electron chi connectivity index (χ0n) is 23.6. The van der Waals surface area contributed by atoms with Gasteiger partial charge in [-0.15, -0.1) is 0 Å². The number of ether oxygens (including phenoxy) is 1. The molecule has 0 aliphatic carbocycles. The second-order valence-electron chi connectivity index (χ2n) is 11.2. The number of hydrogen-bond donors (Lipinski definition) is 0. The van der Waals surface area contributed by atoms with Crippen molar-refractivity contribution in [2.75, 3.05) is 43.6 Å². The third kappa shape index (κ3) is 5.67. The monoisotopic (exact) mass is 544 g/mol. The van der Waals surface area contributed by atoms with Crippen LogP contribution in [0.3, 0.4) is 0 Å². The molecule has 3 aromatic rings. The van der Waals surface area contributed by atoms with Gasteiger partial charge in [-0.1, -0.05) is 43.3 Å². The fraction of sp³-hybridized carbons (Fsp3) is 0.406. The summed E-state index contributed by atoms with van der Waals surface area (Å²) in [6.45, 7) is 5.61. The van der Waals surface area contributed by atoms with E-state index in [0.29, 0.717) is 6.42 Å². The summed E-state index contributed by atoms with van der Waals surface area (Å²) in [6.07, 6.45) is 3.57. The van der Waals surface area contributed by atoms with Crippen molar-refractivity contribution in [3.63, 3.8) is 0 Å². The smallest absolute Gasteiger partial charge is 0.416 e. The van der Waals surface area contributed by atoms with Crippen molar-refractivity contribution in [2.45, 2.75) is 39.2 Å². The number of aromatic nitrogens is 1. The maximum Gasteiger partial charge on any atom is 0.416 e. The van der Waals surface area contributed by atoms with Crippen LogP contribution in [-0.4, -0.2) is 61.7 Å². The molecule has 2 saturated heterocycles. The number of aryl methyl sites for hydroxylation is 1. The van der Waals surface area contributed by atoms with Crippen LogP contribution in [0.5, 0.6) is 0 Å². The fourth-order valence-electron chi connectivity index (χ4n) is 5.93. The fourth-order valence-corrected chi connectivity index (χ4v) is 5.93. The van der Waals surface area contributed by atoms with Crippen LogP contribution in [0.1, 0.15) is 30.9 Å². The molecule has 8 heteroatoms. The van der Waals surface area contributed by atoms with Crippen molar-refractivity contribution in [2.24, 2.45) is 11.8 Å². The van der Waals surface area contributed by atoms with Crippen LogP contribution in [0.25, 0.3) is 11.1 Å². The van der Waals surface area contributed by atoms with Gasteiger partial charge in [0.15, 0.2) is 0 Å². The van der Waals surface area contributed by atoms with Crippen molar-refractivity contribution < 1.29 is 18.7 Å². The zero-order chi connectivity index (χ0) is 28.4. The van der Waals surface area contributed by atoms with Gasteiger partial charge in [0.2, 0.25) is 5.91 Å². The molecular weight excluding hydrogens is 507 g/mol. The number of anilines is 2. The third-order valence-corrected chi connectivity index (χ3v) is 8.30. The van der Waals surface area contributed by atoms with Gasteiger partial charge in [0.1, 0.15) is 18.2 Å². The maximum absolute atomic E-state index is 13.8. The van der Waals surface area contributed by atoms with Crippen LogP contribution < -0.4 is 9.80 Å². The lowest BCUT2D eigenvalue weighted by molar-refractivity contribution is -0.134. The molecule has 2 unspecified atom stereocenters. The molecule has 0 N–H and O–H groups in total. The average molecular weight is 545 g/mol. The molecule has 2 amide bonds. The number of benzene rings is 2. The lowest BCUT2D eigenvalue weighted by Gasteiger charge is -2.36.